The molecule has 0 aromatic carbocycles. The predicted molar refractivity (Wildman–Crippen MR) is 124 cm³/mol. The van der Waals surface area contributed by atoms with E-state index in [-0.39, 0.29) is 6.10 Å². The zero-order valence-corrected chi connectivity index (χ0v) is 19.5. The summed E-state index contributed by atoms with van der Waals surface area (Å²) in [5.74, 6) is 0. The maximum absolute atomic E-state index is 6.07. The lowest BCUT2D eigenvalue weighted by molar-refractivity contribution is -0.0277. The molecular formula is C25H49NO2. The topological polar surface area (TPSA) is 21.7 Å². The molecule has 0 rings (SSSR count). The molecular weight excluding hydrogens is 346 g/mol. The standard InChI is InChI=1S/C25H49NO2/c1-5-7-9-11-13-15-17-19-21-27-24-25(23-26(3)4)28-22-20-18-16-14-12-10-8-6-2/h13-16,25H,5-12,17-24H2,1-4H3/b15-13-,16-14-/t25-/m0/s1. The Bertz CT molecular complexity index is 352. The predicted octanol–water partition coefficient (Wildman–Crippen LogP) is 6.78. The highest BCUT2D eigenvalue weighted by Crippen LogP contribution is 2.04. The molecule has 3 nitrogen and oxygen atoms in total. The molecule has 0 fully saturated rings. The Balaban J connectivity index is 3.70. The number of ether oxygens (including phenoxy) is 2. The van der Waals surface area contributed by atoms with E-state index < -0.39 is 0 Å². The van der Waals surface area contributed by atoms with Crippen molar-refractivity contribution < 1.29 is 9.47 Å². The van der Waals surface area contributed by atoms with Crippen molar-refractivity contribution in [3.8, 4) is 0 Å². The highest BCUT2D eigenvalue weighted by molar-refractivity contribution is 4.82. The van der Waals surface area contributed by atoms with Crippen LogP contribution in [0.2, 0.25) is 0 Å². The van der Waals surface area contributed by atoms with Gasteiger partial charge in [-0.25, -0.2) is 0 Å². The first-order valence-electron chi connectivity index (χ1n) is 11.8. The summed E-state index contributed by atoms with van der Waals surface area (Å²) in [6, 6.07) is 0. The van der Waals surface area contributed by atoms with E-state index >= 15 is 0 Å². The van der Waals surface area contributed by atoms with E-state index in [0.717, 1.165) is 45.4 Å². The second kappa shape index (κ2) is 22.6. The van der Waals surface area contributed by atoms with E-state index in [1.54, 1.807) is 0 Å². The van der Waals surface area contributed by atoms with Crippen molar-refractivity contribution in [1.29, 1.82) is 0 Å². The summed E-state index contributed by atoms with van der Waals surface area (Å²) < 4.78 is 11.9. The van der Waals surface area contributed by atoms with E-state index in [1.165, 1.54) is 51.4 Å². The lowest BCUT2D eigenvalue weighted by atomic mass is 10.2. The van der Waals surface area contributed by atoms with Gasteiger partial charge in [-0.1, -0.05) is 63.8 Å². The van der Waals surface area contributed by atoms with Gasteiger partial charge in [-0.3, -0.25) is 0 Å². The van der Waals surface area contributed by atoms with Gasteiger partial charge in [-0.2, -0.15) is 0 Å². The summed E-state index contributed by atoms with van der Waals surface area (Å²) in [5.41, 5.74) is 0. The summed E-state index contributed by atoms with van der Waals surface area (Å²) >= 11 is 0. The highest BCUT2D eigenvalue weighted by atomic mass is 16.5. The van der Waals surface area contributed by atoms with Crippen molar-refractivity contribution in [1.82, 2.24) is 4.90 Å². The minimum atomic E-state index is 0.174. The molecule has 0 aromatic heterocycles. The van der Waals surface area contributed by atoms with Gasteiger partial charge < -0.3 is 14.4 Å². The van der Waals surface area contributed by atoms with Gasteiger partial charge >= 0.3 is 0 Å². The molecule has 3 heteroatoms. The second-order valence-electron chi connectivity index (χ2n) is 8.05. The lowest BCUT2D eigenvalue weighted by Gasteiger charge is -2.21. The second-order valence-corrected chi connectivity index (χ2v) is 8.05. The Morgan fingerprint density at radius 2 is 1.18 bits per heavy atom. The fourth-order valence-corrected chi connectivity index (χ4v) is 3.03. The third kappa shape index (κ3) is 21.7. The summed E-state index contributed by atoms with van der Waals surface area (Å²) in [7, 11) is 4.19. The van der Waals surface area contributed by atoms with Crippen LogP contribution in [0, 0.1) is 0 Å². The number of unbranched alkanes of at least 4 members (excludes halogenated alkanes) is 8. The number of hydrogen-bond donors (Lipinski definition) is 0. The number of hydrogen-bond acceptors (Lipinski definition) is 3. The molecule has 0 aliphatic carbocycles. The van der Waals surface area contributed by atoms with Gasteiger partial charge in [0.1, 0.15) is 0 Å². The molecule has 0 aliphatic rings. The average molecular weight is 396 g/mol. The van der Waals surface area contributed by atoms with Crippen molar-refractivity contribution in [2.24, 2.45) is 0 Å². The van der Waals surface area contributed by atoms with Crippen molar-refractivity contribution in [3.05, 3.63) is 24.3 Å². The fourth-order valence-electron chi connectivity index (χ4n) is 3.03. The lowest BCUT2D eigenvalue weighted by Crippen LogP contribution is -2.32. The molecule has 28 heavy (non-hydrogen) atoms. The largest absolute Gasteiger partial charge is 0.379 e. The third-order valence-electron chi connectivity index (χ3n) is 4.68. The summed E-state index contributed by atoms with van der Waals surface area (Å²) in [4.78, 5) is 2.18. The Hall–Kier alpha value is -0.640. The first kappa shape index (κ1) is 27.4. The van der Waals surface area contributed by atoms with E-state index in [4.69, 9.17) is 9.47 Å². The van der Waals surface area contributed by atoms with Crippen LogP contribution in [0.5, 0.6) is 0 Å². The summed E-state index contributed by atoms with van der Waals surface area (Å²) in [6.07, 6.45) is 24.2. The van der Waals surface area contributed by atoms with Gasteiger partial charge in [0, 0.05) is 19.8 Å². The smallest absolute Gasteiger partial charge is 0.0934 e. The molecule has 0 spiro atoms. The van der Waals surface area contributed by atoms with Crippen molar-refractivity contribution in [2.45, 2.75) is 97.0 Å². The molecule has 0 heterocycles. The Morgan fingerprint density at radius 1 is 0.679 bits per heavy atom. The molecule has 1 atom stereocenters. The number of likely N-dealkylation sites (N-methyl/N-ethyl adjacent to an activating group) is 1. The van der Waals surface area contributed by atoms with Gasteiger partial charge in [0.15, 0.2) is 0 Å². The first-order valence-corrected chi connectivity index (χ1v) is 11.8. The maximum atomic E-state index is 6.07. The quantitative estimate of drug-likeness (QED) is 0.158. The maximum Gasteiger partial charge on any atom is 0.0934 e. The van der Waals surface area contributed by atoms with Gasteiger partial charge in [0.05, 0.1) is 12.7 Å². The van der Waals surface area contributed by atoms with Gasteiger partial charge in [-0.05, 0) is 65.5 Å². The van der Waals surface area contributed by atoms with Crippen LogP contribution in [0.1, 0.15) is 90.9 Å². The molecule has 0 aromatic rings. The first-order chi connectivity index (χ1) is 13.7. The highest BCUT2D eigenvalue weighted by Gasteiger charge is 2.10. The minimum absolute atomic E-state index is 0.174. The molecule has 0 saturated heterocycles. The van der Waals surface area contributed by atoms with Crippen LogP contribution in [-0.2, 0) is 9.47 Å². The van der Waals surface area contributed by atoms with Crippen molar-refractivity contribution in [2.75, 3.05) is 40.5 Å². The van der Waals surface area contributed by atoms with Crippen LogP contribution in [-0.4, -0.2) is 51.5 Å². The van der Waals surface area contributed by atoms with Crippen LogP contribution in [0.25, 0.3) is 0 Å². The number of nitrogens with zero attached hydrogens (tertiary/aromatic N) is 1. The van der Waals surface area contributed by atoms with Crippen LogP contribution >= 0.6 is 0 Å². The molecule has 0 radical (unpaired) electrons. The monoisotopic (exact) mass is 395 g/mol. The minimum Gasteiger partial charge on any atom is -0.379 e. The normalized spacial score (nSPS) is 13.3. The zero-order valence-electron chi connectivity index (χ0n) is 19.5. The Kier molecular flexibility index (Phi) is 22.1. The number of rotatable bonds is 21. The van der Waals surface area contributed by atoms with Crippen LogP contribution < -0.4 is 0 Å². The Morgan fingerprint density at radius 3 is 1.68 bits per heavy atom. The van der Waals surface area contributed by atoms with Crippen LogP contribution in [0.3, 0.4) is 0 Å². The van der Waals surface area contributed by atoms with E-state index in [0.29, 0.717) is 6.61 Å². The molecule has 0 aliphatic heterocycles. The Labute approximate surface area is 176 Å². The average Bonchev–Trinajstić information content (AvgIpc) is 2.67. The summed E-state index contributed by atoms with van der Waals surface area (Å²) in [6.45, 7) is 7.77. The van der Waals surface area contributed by atoms with Crippen LogP contribution in [0.15, 0.2) is 24.3 Å². The van der Waals surface area contributed by atoms with Gasteiger partial charge in [-0.15, -0.1) is 0 Å². The molecule has 0 unspecified atom stereocenters. The summed E-state index contributed by atoms with van der Waals surface area (Å²) in [5, 5.41) is 0. The molecule has 0 N–H and O–H groups in total. The molecule has 0 bridgehead atoms. The zero-order chi connectivity index (χ0) is 20.7. The van der Waals surface area contributed by atoms with E-state index in [1.807, 2.05) is 0 Å². The van der Waals surface area contributed by atoms with E-state index in [2.05, 4.69) is 57.1 Å². The molecule has 166 valence electrons. The van der Waals surface area contributed by atoms with Crippen molar-refractivity contribution >= 4 is 0 Å². The van der Waals surface area contributed by atoms with Crippen molar-refractivity contribution in [3.63, 3.8) is 0 Å². The van der Waals surface area contributed by atoms with Crippen LogP contribution in [0.4, 0.5) is 0 Å². The number of allylic oxidation sites excluding steroid dienone is 4. The van der Waals surface area contributed by atoms with E-state index in [9.17, 15) is 0 Å². The van der Waals surface area contributed by atoms with Gasteiger partial charge in [0.2, 0.25) is 0 Å². The molecule has 0 saturated carbocycles. The molecule has 0 amide bonds. The fraction of sp³-hybridized carbons (Fsp3) is 0.840. The SMILES string of the molecule is CCCCC/C=C\CCCOC[C@H](CN(C)C)OCCC/C=C\CCCCC. The third-order valence-corrected chi connectivity index (χ3v) is 4.68. The van der Waals surface area contributed by atoms with Gasteiger partial charge in [0.25, 0.3) is 0 Å².